The Labute approximate surface area is 112 Å². The predicted octanol–water partition coefficient (Wildman–Crippen LogP) is 3.90. The molecule has 0 heterocycles. The third-order valence-electron chi connectivity index (χ3n) is 2.82. The van der Waals surface area contributed by atoms with E-state index in [1.807, 2.05) is 26.8 Å². The van der Waals surface area contributed by atoms with Crippen LogP contribution >= 0.6 is 0 Å². The highest BCUT2D eigenvalue weighted by atomic mass is 19.3. The normalized spacial score (nSPS) is 13.4. The van der Waals surface area contributed by atoms with Gasteiger partial charge in [-0.25, -0.2) is 0 Å². The van der Waals surface area contributed by atoms with E-state index in [4.69, 9.17) is 4.74 Å². The quantitative estimate of drug-likeness (QED) is 0.817. The van der Waals surface area contributed by atoms with E-state index in [0.717, 1.165) is 12.1 Å². The summed E-state index contributed by atoms with van der Waals surface area (Å²) in [7, 11) is 1.67. The van der Waals surface area contributed by atoms with Crippen LogP contribution in [0.1, 0.15) is 27.2 Å². The van der Waals surface area contributed by atoms with E-state index in [2.05, 4.69) is 10.1 Å². The summed E-state index contributed by atoms with van der Waals surface area (Å²) < 4.78 is 34.0. The molecule has 0 radical (unpaired) electrons. The summed E-state index contributed by atoms with van der Waals surface area (Å²) in [6.45, 7) is 3.21. The fraction of sp³-hybridized carbons (Fsp3) is 0.571. The molecule has 0 amide bonds. The molecule has 1 atom stereocenters. The first-order valence-corrected chi connectivity index (χ1v) is 6.19. The molecule has 1 N–H and O–H groups in total. The zero-order chi connectivity index (χ0) is 14.5. The molecule has 1 aromatic rings. The Morgan fingerprint density at radius 1 is 1.32 bits per heavy atom. The molecule has 0 saturated carbocycles. The number of hydrogen-bond donors (Lipinski definition) is 1. The summed E-state index contributed by atoms with van der Waals surface area (Å²) in [6.07, 6.45) is 0.795. The largest absolute Gasteiger partial charge is 0.435 e. The van der Waals surface area contributed by atoms with Gasteiger partial charge in [0.05, 0.1) is 5.60 Å². The van der Waals surface area contributed by atoms with Gasteiger partial charge in [0.25, 0.3) is 0 Å². The fourth-order valence-electron chi connectivity index (χ4n) is 1.92. The van der Waals surface area contributed by atoms with Crippen LogP contribution in [0.4, 0.5) is 14.5 Å². The lowest BCUT2D eigenvalue weighted by Crippen LogP contribution is -2.31. The fourth-order valence-corrected chi connectivity index (χ4v) is 1.92. The van der Waals surface area contributed by atoms with E-state index in [1.165, 1.54) is 6.07 Å². The van der Waals surface area contributed by atoms with E-state index < -0.39 is 6.61 Å². The van der Waals surface area contributed by atoms with Gasteiger partial charge in [0, 0.05) is 24.9 Å². The Morgan fingerprint density at radius 3 is 2.58 bits per heavy atom. The number of alkyl halides is 2. The minimum Gasteiger partial charge on any atom is -0.435 e. The maximum Gasteiger partial charge on any atom is 0.387 e. The molecule has 0 saturated heterocycles. The SMILES string of the molecule is COC(C)(C)CC(C)Nc1cccc(OC(F)F)c1. The molecule has 1 rings (SSSR count). The van der Waals surface area contributed by atoms with Crippen molar-refractivity contribution in [3.8, 4) is 5.75 Å². The van der Waals surface area contributed by atoms with Crippen molar-refractivity contribution >= 4 is 5.69 Å². The average molecular weight is 273 g/mol. The lowest BCUT2D eigenvalue weighted by atomic mass is 10.00. The second kappa shape index (κ2) is 6.70. The van der Waals surface area contributed by atoms with Gasteiger partial charge in [0.15, 0.2) is 0 Å². The molecule has 0 aliphatic carbocycles. The van der Waals surface area contributed by atoms with E-state index in [0.29, 0.717) is 0 Å². The smallest absolute Gasteiger partial charge is 0.387 e. The number of halogens is 2. The van der Waals surface area contributed by atoms with E-state index in [-0.39, 0.29) is 17.4 Å². The molecule has 0 spiro atoms. The van der Waals surface area contributed by atoms with Crippen LogP contribution in [0.15, 0.2) is 24.3 Å². The maximum absolute atomic E-state index is 12.1. The number of hydrogen-bond acceptors (Lipinski definition) is 3. The first kappa shape index (κ1) is 15.7. The van der Waals surface area contributed by atoms with Gasteiger partial charge in [-0.2, -0.15) is 8.78 Å². The van der Waals surface area contributed by atoms with Crippen molar-refractivity contribution in [3.05, 3.63) is 24.3 Å². The van der Waals surface area contributed by atoms with Crippen molar-refractivity contribution in [2.45, 2.75) is 45.4 Å². The topological polar surface area (TPSA) is 30.5 Å². The van der Waals surface area contributed by atoms with Crippen LogP contribution in [0.3, 0.4) is 0 Å². The molecule has 0 aliphatic heterocycles. The lowest BCUT2D eigenvalue weighted by molar-refractivity contribution is -0.0498. The number of anilines is 1. The second-order valence-corrected chi connectivity index (χ2v) is 5.12. The first-order chi connectivity index (χ1) is 8.82. The predicted molar refractivity (Wildman–Crippen MR) is 71.9 cm³/mol. The van der Waals surface area contributed by atoms with Gasteiger partial charge in [-0.05, 0) is 39.3 Å². The zero-order valence-electron chi connectivity index (χ0n) is 11.7. The van der Waals surface area contributed by atoms with E-state index in [1.54, 1.807) is 19.2 Å². The number of nitrogens with one attached hydrogen (secondary N) is 1. The Kier molecular flexibility index (Phi) is 5.54. The van der Waals surface area contributed by atoms with Gasteiger partial charge in [-0.1, -0.05) is 6.07 Å². The third kappa shape index (κ3) is 5.87. The molecule has 19 heavy (non-hydrogen) atoms. The van der Waals surface area contributed by atoms with Gasteiger partial charge >= 0.3 is 6.61 Å². The summed E-state index contributed by atoms with van der Waals surface area (Å²) in [5.74, 6) is 0.151. The molecule has 5 heteroatoms. The Balaban J connectivity index is 2.61. The van der Waals surface area contributed by atoms with Crippen molar-refractivity contribution in [1.82, 2.24) is 0 Å². The van der Waals surface area contributed by atoms with Crippen LogP contribution in [0.5, 0.6) is 5.75 Å². The van der Waals surface area contributed by atoms with Crippen LogP contribution in [-0.4, -0.2) is 25.4 Å². The van der Waals surface area contributed by atoms with E-state index >= 15 is 0 Å². The molecular formula is C14H21F2NO2. The molecule has 108 valence electrons. The summed E-state index contributed by atoms with van der Waals surface area (Å²) in [5.41, 5.74) is 0.515. The van der Waals surface area contributed by atoms with Crippen molar-refractivity contribution < 1.29 is 18.3 Å². The van der Waals surface area contributed by atoms with Crippen molar-refractivity contribution in [2.24, 2.45) is 0 Å². The molecule has 0 aliphatic rings. The Morgan fingerprint density at radius 2 is 2.00 bits per heavy atom. The Bertz CT molecular complexity index is 397. The average Bonchev–Trinajstić information content (AvgIpc) is 2.27. The van der Waals surface area contributed by atoms with Gasteiger partial charge < -0.3 is 14.8 Å². The van der Waals surface area contributed by atoms with Crippen molar-refractivity contribution in [1.29, 1.82) is 0 Å². The minimum absolute atomic E-state index is 0.150. The number of benzene rings is 1. The van der Waals surface area contributed by atoms with Crippen LogP contribution in [-0.2, 0) is 4.74 Å². The van der Waals surface area contributed by atoms with Gasteiger partial charge in [-0.15, -0.1) is 0 Å². The number of rotatable bonds is 7. The van der Waals surface area contributed by atoms with Crippen molar-refractivity contribution in [3.63, 3.8) is 0 Å². The second-order valence-electron chi connectivity index (χ2n) is 5.12. The molecular weight excluding hydrogens is 252 g/mol. The van der Waals surface area contributed by atoms with Gasteiger partial charge in [0.1, 0.15) is 5.75 Å². The highest BCUT2D eigenvalue weighted by Crippen LogP contribution is 2.22. The van der Waals surface area contributed by atoms with Gasteiger partial charge in [0.2, 0.25) is 0 Å². The highest BCUT2D eigenvalue weighted by molar-refractivity contribution is 5.48. The first-order valence-electron chi connectivity index (χ1n) is 6.19. The molecule has 1 aromatic carbocycles. The number of ether oxygens (including phenoxy) is 2. The van der Waals surface area contributed by atoms with Crippen LogP contribution < -0.4 is 10.1 Å². The summed E-state index contributed by atoms with van der Waals surface area (Å²) >= 11 is 0. The van der Waals surface area contributed by atoms with Crippen LogP contribution in [0.25, 0.3) is 0 Å². The number of methoxy groups -OCH3 is 1. The zero-order valence-corrected chi connectivity index (χ0v) is 11.7. The van der Waals surface area contributed by atoms with E-state index in [9.17, 15) is 8.78 Å². The molecule has 0 bridgehead atoms. The Hall–Kier alpha value is -1.36. The monoisotopic (exact) mass is 273 g/mol. The summed E-state index contributed by atoms with van der Waals surface area (Å²) in [4.78, 5) is 0. The van der Waals surface area contributed by atoms with Gasteiger partial charge in [-0.3, -0.25) is 0 Å². The van der Waals surface area contributed by atoms with Crippen LogP contribution in [0, 0.1) is 0 Å². The summed E-state index contributed by atoms with van der Waals surface area (Å²) in [6, 6.07) is 6.70. The maximum atomic E-state index is 12.1. The van der Waals surface area contributed by atoms with Crippen LogP contribution in [0.2, 0.25) is 0 Å². The summed E-state index contributed by atoms with van der Waals surface area (Å²) in [5, 5.41) is 3.24. The molecule has 0 fully saturated rings. The highest BCUT2D eigenvalue weighted by Gasteiger charge is 2.20. The standard InChI is InChI=1S/C14H21F2NO2/c1-10(9-14(2,3)18-4)17-11-6-5-7-12(8-11)19-13(15)16/h5-8,10,13,17H,9H2,1-4H3. The molecule has 1 unspecified atom stereocenters. The third-order valence-corrected chi connectivity index (χ3v) is 2.82. The van der Waals surface area contributed by atoms with Crippen molar-refractivity contribution in [2.75, 3.05) is 12.4 Å². The molecule has 0 aromatic heterocycles. The minimum atomic E-state index is -2.81. The lowest BCUT2D eigenvalue weighted by Gasteiger charge is -2.27. The molecule has 3 nitrogen and oxygen atoms in total.